The van der Waals surface area contributed by atoms with Gasteiger partial charge in [-0.1, -0.05) is 12.1 Å². The van der Waals surface area contributed by atoms with Crippen molar-refractivity contribution in [3.05, 3.63) is 53.6 Å². The molecule has 0 heterocycles. The molecule has 0 saturated carbocycles. The highest BCUT2D eigenvalue weighted by molar-refractivity contribution is 7.89. The lowest BCUT2D eigenvalue weighted by atomic mass is 10.2. The average Bonchev–Trinajstić information content (AvgIpc) is 2.59. The van der Waals surface area contributed by atoms with Crippen molar-refractivity contribution in [3.8, 4) is 11.5 Å². The van der Waals surface area contributed by atoms with E-state index in [9.17, 15) is 13.2 Å². The van der Waals surface area contributed by atoms with Gasteiger partial charge in [-0.25, -0.2) is 12.7 Å². The van der Waals surface area contributed by atoms with Crippen LogP contribution in [0.2, 0.25) is 0 Å². The second kappa shape index (κ2) is 7.46. The molecule has 0 amide bonds. The molecule has 0 aromatic heterocycles. The zero-order valence-corrected chi connectivity index (χ0v) is 14.5. The largest absolute Gasteiger partial charge is 0.497 e. The Morgan fingerprint density at radius 1 is 1.12 bits per heavy atom. The molecule has 0 aliphatic rings. The van der Waals surface area contributed by atoms with E-state index in [1.54, 1.807) is 36.4 Å². The molecule has 0 fully saturated rings. The van der Waals surface area contributed by atoms with Crippen LogP contribution in [0.5, 0.6) is 11.5 Å². The molecule has 0 saturated heterocycles. The number of benzene rings is 2. The van der Waals surface area contributed by atoms with E-state index in [4.69, 9.17) is 9.47 Å². The number of methoxy groups -OCH3 is 1. The third-order valence-electron chi connectivity index (χ3n) is 3.42. The number of nitrogens with zero attached hydrogens (tertiary/aromatic N) is 1. The van der Waals surface area contributed by atoms with Gasteiger partial charge in [0, 0.05) is 14.1 Å². The Kier molecular flexibility index (Phi) is 5.58. The van der Waals surface area contributed by atoms with E-state index >= 15 is 0 Å². The van der Waals surface area contributed by atoms with Crippen molar-refractivity contribution >= 4 is 16.3 Å². The first-order valence-electron chi connectivity index (χ1n) is 7.16. The summed E-state index contributed by atoms with van der Waals surface area (Å²) in [5.74, 6) is 0.968. The van der Waals surface area contributed by atoms with Crippen LogP contribution in [-0.2, 0) is 16.6 Å². The summed E-state index contributed by atoms with van der Waals surface area (Å²) in [5.41, 5.74) is 1.05. The van der Waals surface area contributed by atoms with Crippen molar-refractivity contribution in [3.63, 3.8) is 0 Å². The second-order valence-electron chi connectivity index (χ2n) is 5.25. The number of hydrogen-bond donors (Lipinski definition) is 0. The standard InChI is InChI=1S/C17H19NO5S/c1-18(2)24(20,21)16-6-4-5-13(9-16)12-23-17-8-7-15(22-3)10-14(17)11-19/h4-11H,12H2,1-3H3. The molecule has 24 heavy (non-hydrogen) atoms. The molecule has 0 aliphatic carbocycles. The molecular weight excluding hydrogens is 330 g/mol. The molecule has 0 bridgehead atoms. The predicted octanol–water partition coefficient (Wildman–Crippen LogP) is 2.34. The highest BCUT2D eigenvalue weighted by Gasteiger charge is 2.17. The SMILES string of the molecule is COc1ccc(OCc2cccc(S(=O)(=O)N(C)C)c2)c(C=O)c1. The van der Waals surface area contributed by atoms with E-state index in [2.05, 4.69) is 0 Å². The van der Waals surface area contributed by atoms with Crippen LogP contribution in [-0.4, -0.2) is 40.2 Å². The summed E-state index contributed by atoms with van der Waals surface area (Å²) in [6.45, 7) is 0.143. The fourth-order valence-corrected chi connectivity index (χ4v) is 3.02. The number of sulfonamides is 1. The average molecular weight is 349 g/mol. The summed E-state index contributed by atoms with van der Waals surface area (Å²) in [6.07, 6.45) is 0.685. The van der Waals surface area contributed by atoms with Crippen LogP contribution in [0.1, 0.15) is 15.9 Å². The van der Waals surface area contributed by atoms with Gasteiger partial charge in [0.05, 0.1) is 17.6 Å². The van der Waals surface area contributed by atoms with Gasteiger partial charge in [0.2, 0.25) is 10.0 Å². The van der Waals surface area contributed by atoms with Gasteiger partial charge in [-0.05, 0) is 35.9 Å². The smallest absolute Gasteiger partial charge is 0.242 e. The summed E-state index contributed by atoms with van der Waals surface area (Å²) in [6, 6.07) is 11.4. The normalized spacial score (nSPS) is 11.3. The topological polar surface area (TPSA) is 72.9 Å². The first-order valence-corrected chi connectivity index (χ1v) is 8.60. The fraction of sp³-hybridized carbons (Fsp3) is 0.235. The van der Waals surface area contributed by atoms with Gasteiger partial charge in [0.15, 0.2) is 6.29 Å². The second-order valence-corrected chi connectivity index (χ2v) is 7.40. The zero-order valence-electron chi connectivity index (χ0n) is 13.7. The van der Waals surface area contributed by atoms with Gasteiger partial charge in [-0.3, -0.25) is 4.79 Å². The van der Waals surface area contributed by atoms with Crippen LogP contribution in [0.15, 0.2) is 47.4 Å². The molecule has 6 nitrogen and oxygen atoms in total. The molecule has 2 aromatic rings. The Balaban J connectivity index is 2.20. The van der Waals surface area contributed by atoms with E-state index in [0.29, 0.717) is 28.9 Å². The van der Waals surface area contributed by atoms with Gasteiger partial charge in [-0.2, -0.15) is 0 Å². The number of ether oxygens (including phenoxy) is 2. The minimum Gasteiger partial charge on any atom is -0.497 e. The molecule has 2 aromatic carbocycles. The number of rotatable bonds is 7. The van der Waals surface area contributed by atoms with E-state index in [-0.39, 0.29) is 11.5 Å². The summed E-state index contributed by atoms with van der Waals surface area (Å²) in [5, 5.41) is 0. The van der Waals surface area contributed by atoms with Crippen LogP contribution in [0, 0.1) is 0 Å². The Morgan fingerprint density at radius 3 is 2.50 bits per heavy atom. The molecular formula is C17H19NO5S. The third-order valence-corrected chi connectivity index (χ3v) is 5.23. The quantitative estimate of drug-likeness (QED) is 0.718. The summed E-state index contributed by atoms with van der Waals surface area (Å²) >= 11 is 0. The molecule has 0 spiro atoms. The highest BCUT2D eigenvalue weighted by Crippen LogP contribution is 2.24. The number of aldehydes is 1. The molecule has 128 valence electrons. The molecule has 2 rings (SSSR count). The van der Waals surface area contributed by atoms with Crippen molar-refractivity contribution in [1.29, 1.82) is 0 Å². The lowest BCUT2D eigenvalue weighted by Crippen LogP contribution is -2.22. The van der Waals surface area contributed by atoms with Crippen LogP contribution < -0.4 is 9.47 Å². The predicted molar refractivity (Wildman–Crippen MR) is 90.0 cm³/mol. The lowest BCUT2D eigenvalue weighted by molar-refractivity contribution is 0.111. The molecule has 7 heteroatoms. The Labute approximate surface area is 141 Å². The summed E-state index contributed by atoms with van der Waals surface area (Å²) in [7, 11) is 0.973. The first kappa shape index (κ1) is 18.0. The molecule has 0 radical (unpaired) electrons. The van der Waals surface area contributed by atoms with Crippen molar-refractivity contribution in [2.75, 3.05) is 21.2 Å². The molecule has 0 unspecified atom stereocenters. The maximum atomic E-state index is 12.2. The maximum absolute atomic E-state index is 12.2. The highest BCUT2D eigenvalue weighted by atomic mass is 32.2. The third kappa shape index (κ3) is 3.93. The maximum Gasteiger partial charge on any atom is 0.242 e. The molecule has 0 aliphatic heterocycles. The van der Waals surface area contributed by atoms with Crippen LogP contribution in [0.4, 0.5) is 0 Å². The minimum atomic E-state index is -3.50. The van der Waals surface area contributed by atoms with Crippen molar-refractivity contribution < 1.29 is 22.7 Å². The Bertz CT molecular complexity index is 831. The van der Waals surface area contributed by atoms with Gasteiger partial charge in [-0.15, -0.1) is 0 Å². The zero-order chi connectivity index (χ0) is 17.7. The van der Waals surface area contributed by atoms with Crippen molar-refractivity contribution in [2.45, 2.75) is 11.5 Å². The van der Waals surface area contributed by atoms with Gasteiger partial charge < -0.3 is 9.47 Å². The van der Waals surface area contributed by atoms with E-state index in [0.717, 1.165) is 4.31 Å². The van der Waals surface area contributed by atoms with Gasteiger partial charge in [0.1, 0.15) is 18.1 Å². The summed E-state index contributed by atoms with van der Waals surface area (Å²) in [4.78, 5) is 11.3. The lowest BCUT2D eigenvalue weighted by Gasteiger charge is -2.13. The Morgan fingerprint density at radius 2 is 1.88 bits per heavy atom. The summed E-state index contributed by atoms with van der Waals surface area (Å²) < 4.78 is 36.2. The van der Waals surface area contributed by atoms with Crippen LogP contribution in [0.25, 0.3) is 0 Å². The van der Waals surface area contributed by atoms with E-state index in [1.165, 1.54) is 27.3 Å². The number of carbonyl (C=O) groups is 1. The molecule has 0 atom stereocenters. The fourth-order valence-electron chi connectivity index (χ4n) is 2.04. The number of hydrogen-bond acceptors (Lipinski definition) is 5. The number of carbonyl (C=O) groups excluding carboxylic acids is 1. The van der Waals surface area contributed by atoms with E-state index < -0.39 is 10.0 Å². The van der Waals surface area contributed by atoms with Gasteiger partial charge in [0.25, 0.3) is 0 Å². The van der Waals surface area contributed by atoms with Crippen molar-refractivity contribution in [1.82, 2.24) is 4.31 Å². The monoisotopic (exact) mass is 349 g/mol. The van der Waals surface area contributed by atoms with E-state index in [1.807, 2.05) is 0 Å². The van der Waals surface area contributed by atoms with Gasteiger partial charge >= 0.3 is 0 Å². The van der Waals surface area contributed by atoms with Crippen LogP contribution >= 0.6 is 0 Å². The minimum absolute atomic E-state index is 0.143. The molecule has 0 N–H and O–H groups in total. The Hall–Kier alpha value is -2.38. The van der Waals surface area contributed by atoms with Crippen LogP contribution in [0.3, 0.4) is 0 Å². The van der Waals surface area contributed by atoms with Crippen molar-refractivity contribution in [2.24, 2.45) is 0 Å². The first-order chi connectivity index (χ1) is 11.4.